The number of aromatic nitrogens is 3. The maximum absolute atomic E-state index is 11.2. The summed E-state index contributed by atoms with van der Waals surface area (Å²) in [6, 6.07) is 7.82. The first kappa shape index (κ1) is 15.6. The average molecular weight is 345 g/mol. The van der Waals surface area contributed by atoms with Crippen molar-refractivity contribution in [2.75, 3.05) is 7.11 Å². The highest BCUT2D eigenvalue weighted by Gasteiger charge is 2.19. The molecule has 122 valence electrons. The molecule has 0 atom stereocenters. The van der Waals surface area contributed by atoms with Crippen molar-refractivity contribution in [1.82, 2.24) is 14.9 Å². The summed E-state index contributed by atoms with van der Waals surface area (Å²) in [4.78, 5) is 10.8. The van der Waals surface area contributed by atoms with Crippen LogP contribution in [0.1, 0.15) is 5.76 Å². The summed E-state index contributed by atoms with van der Waals surface area (Å²) in [5.74, 6) is 1.16. The average Bonchev–Trinajstić information content (AvgIpc) is 3.21. The number of aromatic amines is 1. The van der Waals surface area contributed by atoms with Gasteiger partial charge in [0.2, 0.25) is 4.77 Å². The Hall–Kier alpha value is -3.27. The van der Waals surface area contributed by atoms with E-state index in [0.29, 0.717) is 27.6 Å². The molecule has 2 aromatic heterocycles. The normalized spacial score (nSPS) is 11.0. The number of nitro benzene ring substituents is 1. The third kappa shape index (κ3) is 3.08. The van der Waals surface area contributed by atoms with E-state index < -0.39 is 4.92 Å². The predicted molar refractivity (Wildman–Crippen MR) is 87.8 cm³/mol. The highest BCUT2D eigenvalue weighted by molar-refractivity contribution is 7.71. The molecule has 2 heterocycles. The molecule has 1 aromatic carbocycles. The largest absolute Gasteiger partial charge is 0.497 e. The Morgan fingerprint density at radius 3 is 2.96 bits per heavy atom. The molecule has 0 fully saturated rings. The zero-order chi connectivity index (χ0) is 17.1. The number of hydrogen-bond acceptors (Lipinski definition) is 7. The minimum atomic E-state index is -0.487. The van der Waals surface area contributed by atoms with Crippen LogP contribution in [-0.2, 0) is 0 Å². The van der Waals surface area contributed by atoms with Crippen molar-refractivity contribution in [3.8, 4) is 17.1 Å². The van der Waals surface area contributed by atoms with Gasteiger partial charge in [-0.3, -0.25) is 15.2 Å². The van der Waals surface area contributed by atoms with E-state index >= 15 is 0 Å². The fourth-order valence-corrected chi connectivity index (χ4v) is 2.16. The number of nitrogens with one attached hydrogen (secondary N) is 1. The zero-order valence-corrected chi connectivity index (χ0v) is 13.2. The van der Waals surface area contributed by atoms with Gasteiger partial charge in [0.05, 0.1) is 29.9 Å². The zero-order valence-electron chi connectivity index (χ0n) is 12.4. The molecule has 0 radical (unpaired) electrons. The van der Waals surface area contributed by atoms with Crippen LogP contribution >= 0.6 is 12.2 Å². The third-order valence-electron chi connectivity index (χ3n) is 3.14. The highest BCUT2D eigenvalue weighted by Crippen LogP contribution is 2.33. The van der Waals surface area contributed by atoms with E-state index in [9.17, 15) is 10.1 Å². The van der Waals surface area contributed by atoms with Crippen LogP contribution < -0.4 is 4.74 Å². The standard InChI is InChI=1S/C14H11N5O4S/c1-22-9-2-4-11(12(6-9)19(20)21)13-5-3-10(23-13)7-16-18-8-15-17-14(18)24/h2-8H,1H3,(H,17,24)/b16-7+. The lowest BCUT2D eigenvalue weighted by molar-refractivity contribution is -0.384. The maximum atomic E-state index is 11.2. The Labute approximate surface area is 140 Å². The van der Waals surface area contributed by atoms with E-state index in [1.54, 1.807) is 24.3 Å². The SMILES string of the molecule is COc1ccc(-c2ccc(/C=N/n3cn[nH]c3=S)o2)c([N+](=O)[O-])c1. The molecule has 0 saturated carbocycles. The Kier molecular flexibility index (Phi) is 4.20. The van der Waals surface area contributed by atoms with Crippen LogP contribution in [0.25, 0.3) is 11.3 Å². The Balaban J connectivity index is 1.93. The molecule has 3 aromatic rings. The van der Waals surface area contributed by atoms with Gasteiger partial charge in [0.25, 0.3) is 5.69 Å². The number of benzene rings is 1. The molecular weight excluding hydrogens is 334 g/mol. The summed E-state index contributed by atoms with van der Waals surface area (Å²) in [6.45, 7) is 0. The molecule has 10 heteroatoms. The quantitative estimate of drug-likeness (QED) is 0.329. The van der Waals surface area contributed by atoms with Crippen LogP contribution in [-0.4, -0.2) is 33.1 Å². The Morgan fingerprint density at radius 1 is 1.46 bits per heavy atom. The second kappa shape index (κ2) is 6.46. The Morgan fingerprint density at radius 2 is 2.29 bits per heavy atom. The smallest absolute Gasteiger partial charge is 0.284 e. The first-order valence-corrected chi connectivity index (χ1v) is 7.08. The number of nitro groups is 1. The lowest BCUT2D eigenvalue weighted by atomic mass is 10.1. The van der Waals surface area contributed by atoms with Gasteiger partial charge in [0.15, 0.2) is 0 Å². The fraction of sp³-hybridized carbons (Fsp3) is 0.0714. The van der Waals surface area contributed by atoms with Gasteiger partial charge >= 0.3 is 0 Å². The van der Waals surface area contributed by atoms with Crippen molar-refractivity contribution in [3.63, 3.8) is 0 Å². The van der Waals surface area contributed by atoms with Gasteiger partial charge in [-0.15, -0.1) is 0 Å². The van der Waals surface area contributed by atoms with Crippen LogP contribution in [0.2, 0.25) is 0 Å². The van der Waals surface area contributed by atoms with E-state index in [-0.39, 0.29) is 5.69 Å². The molecule has 0 saturated heterocycles. The topological polar surface area (TPSA) is 111 Å². The summed E-state index contributed by atoms with van der Waals surface area (Å²) in [6.07, 6.45) is 2.85. The summed E-state index contributed by atoms with van der Waals surface area (Å²) in [5, 5.41) is 21.6. The van der Waals surface area contributed by atoms with Crippen molar-refractivity contribution < 1.29 is 14.1 Å². The van der Waals surface area contributed by atoms with Gasteiger partial charge in [-0.25, -0.2) is 0 Å². The molecular formula is C14H11N5O4S. The maximum Gasteiger partial charge on any atom is 0.284 e. The molecule has 0 aliphatic carbocycles. The van der Waals surface area contributed by atoms with Crippen LogP contribution in [0.5, 0.6) is 5.75 Å². The van der Waals surface area contributed by atoms with Crippen molar-refractivity contribution >= 4 is 24.1 Å². The van der Waals surface area contributed by atoms with E-state index in [1.807, 2.05) is 0 Å². The molecule has 0 aliphatic heterocycles. The van der Waals surface area contributed by atoms with E-state index in [4.69, 9.17) is 21.4 Å². The van der Waals surface area contributed by atoms with Crippen LogP contribution in [0.4, 0.5) is 5.69 Å². The summed E-state index contributed by atoms with van der Waals surface area (Å²) in [7, 11) is 1.45. The van der Waals surface area contributed by atoms with Gasteiger partial charge in [-0.05, 0) is 36.5 Å². The summed E-state index contributed by atoms with van der Waals surface area (Å²) in [5.41, 5.74) is 0.240. The molecule has 0 bridgehead atoms. The Bertz CT molecular complexity index is 971. The molecule has 0 amide bonds. The van der Waals surface area contributed by atoms with Gasteiger partial charge in [0.1, 0.15) is 23.6 Å². The lowest BCUT2D eigenvalue weighted by Gasteiger charge is -2.03. The van der Waals surface area contributed by atoms with E-state index in [0.717, 1.165) is 0 Å². The molecule has 0 aliphatic rings. The number of rotatable bonds is 5. The van der Waals surface area contributed by atoms with Crippen molar-refractivity contribution in [2.45, 2.75) is 0 Å². The molecule has 3 rings (SSSR count). The van der Waals surface area contributed by atoms with E-state index in [2.05, 4.69) is 15.3 Å². The minimum Gasteiger partial charge on any atom is -0.497 e. The third-order valence-corrected chi connectivity index (χ3v) is 3.42. The molecule has 0 spiro atoms. The fourth-order valence-electron chi connectivity index (χ4n) is 2.01. The van der Waals surface area contributed by atoms with Gasteiger partial charge in [-0.2, -0.15) is 14.9 Å². The number of H-pyrrole nitrogens is 1. The molecule has 24 heavy (non-hydrogen) atoms. The van der Waals surface area contributed by atoms with Crippen LogP contribution in [0, 0.1) is 14.9 Å². The summed E-state index contributed by atoms with van der Waals surface area (Å²) < 4.78 is 12.3. The van der Waals surface area contributed by atoms with E-state index in [1.165, 1.54) is 30.4 Å². The number of nitrogens with zero attached hydrogens (tertiary/aromatic N) is 4. The minimum absolute atomic E-state index is 0.107. The highest BCUT2D eigenvalue weighted by atomic mass is 32.1. The van der Waals surface area contributed by atoms with Crippen molar-refractivity contribution in [3.05, 3.63) is 57.3 Å². The van der Waals surface area contributed by atoms with Gasteiger partial charge in [-0.1, -0.05) is 0 Å². The summed E-state index contributed by atoms with van der Waals surface area (Å²) >= 11 is 4.97. The molecule has 9 nitrogen and oxygen atoms in total. The molecule has 1 N–H and O–H groups in total. The number of furan rings is 1. The van der Waals surface area contributed by atoms with Crippen LogP contribution in [0.3, 0.4) is 0 Å². The molecule has 0 unspecified atom stereocenters. The first-order valence-electron chi connectivity index (χ1n) is 6.67. The monoisotopic (exact) mass is 345 g/mol. The van der Waals surface area contributed by atoms with Crippen molar-refractivity contribution in [2.24, 2.45) is 5.10 Å². The van der Waals surface area contributed by atoms with Gasteiger partial charge in [0, 0.05) is 0 Å². The van der Waals surface area contributed by atoms with Crippen LogP contribution in [0.15, 0.2) is 46.2 Å². The van der Waals surface area contributed by atoms with Crippen molar-refractivity contribution in [1.29, 1.82) is 0 Å². The second-order valence-electron chi connectivity index (χ2n) is 4.59. The number of ether oxygens (including phenoxy) is 1. The van der Waals surface area contributed by atoms with Gasteiger partial charge < -0.3 is 9.15 Å². The lowest BCUT2D eigenvalue weighted by Crippen LogP contribution is -1.93. The number of methoxy groups -OCH3 is 1. The second-order valence-corrected chi connectivity index (χ2v) is 4.98. The number of hydrogen-bond donors (Lipinski definition) is 1. The first-order chi connectivity index (χ1) is 11.6. The predicted octanol–water partition coefficient (Wildman–Crippen LogP) is 3.00.